The standard InChI is InChI=1S/C22H23IO5/c1-4-26-21(24)11-16-6-5-14(2)7-20(16)27-12-15-8-17-10-18(13-25-3)28-22(17)19(23)9-15/h5-10H,4,11-13H2,1-3H3. The third kappa shape index (κ3) is 5.05. The number of methoxy groups -OCH3 is 1. The number of carbonyl (C=O) groups excluding carboxylic acids is 1. The third-order valence-corrected chi connectivity index (χ3v) is 5.03. The van der Waals surface area contributed by atoms with Gasteiger partial charge in [0.1, 0.15) is 30.3 Å². The Morgan fingerprint density at radius 2 is 1.96 bits per heavy atom. The minimum absolute atomic E-state index is 0.197. The van der Waals surface area contributed by atoms with E-state index in [2.05, 4.69) is 28.7 Å². The number of halogens is 1. The van der Waals surface area contributed by atoms with Crippen molar-refractivity contribution in [2.75, 3.05) is 13.7 Å². The zero-order valence-corrected chi connectivity index (χ0v) is 18.4. The van der Waals surface area contributed by atoms with Gasteiger partial charge in [0.2, 0.25) is 0 Å². The van der Waals surface area contributed by atoms with Crippen molar-refractivity contribution in [2.45, 2.75) is 33.5 Å². The van der Waals surface area contributed by atoms with Gasteiger partial charge in [0.05, 0.1) is 16.6 Å². The Balaban J connectivity index is 1.79. The molecule has 0 radical (unpaired) electrons. The molecule has 0 saturated heterocycles. The van der Waals surface area contributed by atoms with Crippen molar-refractivity contribution in [1.82, 2.24) is 0 Å². The highest BCUT2D eigenvalue weighted by Gasteiger charge is 2.13. The molecule has 3 aromatic rings. The van der Waals surface area contributed by atoms with Crippen molar-refractivity contribution < 1.29 is 23.4 Å². The lowest BCUT2D eigenvalue weighted by Gasteiger charge is -2.13. The Bertz CT molecular complexity index is 976. The van der Waals surface area contributed by atoms with Crippen LogP contribution in [0.2, 0.25) is 0 Å². The molecule has 0 unspecified atom stereocenters. The predicted molar refractivity (Wildman–Crippen MR) is 115 cm³/mol. The number of rotatable bonds is 8. The minimum Gasteiger partial charge on any atom is -0.489 e. The van der Waals surface area contributed by atoms with Crippen molar-refractivity contribution in [3.8, 4) is 5.75 Å². The molecule has 6 heteroatoms. The number of furan rings is 1. The third-order valence-electron chi connectivity index (χ3n) is 4.23. The normalized spacial score (nSPS) is 11.0. The second kappa shape index (κ2) is 9.43. The molecule has 0 aliphatic rings. The second-order valence-electron chi connectivity index (χ2n) is 6.52. The Hall–Kier alpha value is -2.06. The molecule has 0 amide bonds. The van der Waals surface area contributed by atoms with Crippen molar-refractivity contribution in [3.05, 3.63) is 62.4 Å². The average Bonchev–Trinajstić information content (AvgIpc) is 3.05. The summed E-state index contributed by atoms with van der Waals surface area (Å²) < 4.78 is 23.1. The van der Waals surface area contributed by atoms with Crippen LogP contribution < -0.4 is 4.74 Å². The summed E-state index contributed by atoms with van der Waals surface area (Å²) in [6, 6.07) is 11.9. The molecule has 1 heterocycles. The maximum absolute atomic E-state index is 11.9. The summed E-state index contributed by atoms with van der Waals surface area (Å²) in [6.45, 7) is 5.01. The first-order valence-electron chi connectivity index (χ1n) is 9.08. The Kier molecular flexibility index (Phi) is 6.96. The van der Waals surface area contributed by atoms with E-state index in [9.17, 15) is 4.79 Å². The molecule has 148 valence electrons. The first-order chi connectivity index (χ1) is 13.5. The van der Waals surface area contributed by atoms with Gasteiger partial charge in [-0.1, -0.05) is 12.1 Å². The number of hydrogen-bond donors (Lipinski definition) is 0. The van der Waals surface area contributed by atoms with Crippen molar-refractivity contribution >= 4 is 39.5 Å². The van der Waals surface area contributed by atoms with Gasteiger partial charge in [0.15, 0.2) is 0 Å². The summed E-state index contributed by atoms with van der Waals surface area (Å²) in [7, 11) is 1.65. The molecule has 0 saturated carbocycles. The summed E-state index contributed by atoms with van der Waals surface area (Å²) in [6.07, 6.45) is 0.197. The zero-order chi connectivity index (χ0) is 20.1. The number of aryl methyl sites for hydroxylation is 1. The Morgan fingerprint density at radius 3 is 2.71 bits per heavy atom. The lowest BCUT2D eigenvalue weighted by atomic mass is 10.1. The highest BCUT2D eigenvalue weighted by Crippen LogP contribution is 2.28. The molecule has 0 aliphatic heterocycles. The van der Waals surface area contributed by atoms with E-state index in [1.165, 1.54) is 0 Å². The van der Waals surface area contributed by atoms with Gasteiger partial charge in [-0.3, -0.25) is 4.79 Å². The molecule has 0 fully saturated rings. The summed E-state index contributed by atoms with van der Waals surface area (Å²) in [5.74, 6) is 1.25. The molecule has 0 aliphatic carbocycles. The van der Waals surface area contributed by atoms with Crippen molar-refractivity contribution in [1.29, 1.82) is 0 Å². The van der Waals surface area contributed by atoms with Gasteiger partial charge in [-0.05, 0) is 71.8 Å². The molecule has 0 atom stereocenters. The number of fused-ring (bicyclic) bond motifs is 1. The van der Waals surface area contributed by atoms with Gasteiger partial charge < -0.3 is 18.6 Å². The maximum Gasteiger partial charge on any atom is 0.310 e. The van der Waals surface area contributed by atoms with Crippen LogP contribution in [0.1, 0.15) is 29.4 Å². The summed E-state index contributed by atoms with van der Waals surface area (Å²) >= 11 is 2.27. The average molecular weight is 494 g/mol. The minimum atomic E-state index is -0.253. The number of ether oxygens (including phenoxy) is 3. The molecule has 5 nitrogen and oxygen atoms in total. The molecule has 1 aromatic heterocycles. The van der Waals surface area contributed by atoms with Gasteiger partial charge in [0.25, 0.3) is 0 Å². The Morgan fingerprint density at radius 1 is 1.14 bits per heavy atom. The number of benzene rings is 2. The fraction of sp³-hybridized carbons (Fsp3) is 0.318. The molecular weight excluding hydrogens is 471 g/mol. The van der Waals surface area contributed by atoms with E-state index in [-0.39, 0.29) is 12.4 Å². The zero-order valence-electron chi connectivity index (χ0n) is 16.2. The monoisotopic (exact) mass is 494 g/mol. The number of esters is 1. The molecular formula is C22H23IO5. The van der Waals surface area contributed by atoms with E-state index in [4.69, 9.17) is 18.6 Å². The number of hydrogen-bond acceptors (Lipinski definition) is 5. The first kappa shape index (κ1) is 20.7. The summed E-state index contributed by atoms with van der Waals surface area (Å²) in [5, 5.41) is 1.02. The fourth-order valence-corrected chi connectivity index (χ4v) is 3.81. The van der Waals surface area contributed by atoms with E-state index in [1.54, 1.807) is 14.0 Å². The van der Waals surface area contributed by atoms with Crippen molar-refractivity contribution in [2.24, 2.45) is 0 Å². The molecule has 0 spiro atoms. The smallest absolute Gasteiger partial charge is 0.310 e. The molecule has 28 heavy (non-hydrogen) atoms. The lowest BCUT2D eigenvalue weighted by molar-refractivity contribution is -0.142. The van der Waals surface area contributed by atoms with Gasteiger partial charge in [-0.2, -0.15) is 0 Å². The number of carbonyl (C=O) groups is 1. The van der Waals surface area contributed by atoms with Gasteiger partial charge >= 0.3 is 5.97 Å². The van der Waals surface area contributed by atoms with Gasteiger partial charge in [-0.25, -0.2) is 0 Å². The highest BCUT2D eigenvalue weighted by atomic mass is 127. The van der Waals surface area contributed by atoms with Crippen LogP contribution in [0.15, 0.2) is 40.8 Å². The highest BCUT2D eigenvalue weighted by molar-refractivity contribution is 14.1. The lowest BCUT2D eigenvalue weighted by Crippen LogP contribution is -2.09. The quantitative estimate of drug-likeness (QED) is 0.319. The van der Waals surface area contributed by atoms with Gasteiger partial charge in [-0.15, -0.1) is 0 Å². The van der Waals surface area contributed by atoms with Crippen LogP contribution in [0.5, 0.6) is 5.75 Å². The van der Waals surface area contributed by atoms with Crippen LogP contribution in [-0.4, -0.2) is 19.7 Å². The first-order valence-corrected chi connectivity index (χ1v) is 10.2. The van der Waals surface area contributed by atoms with Crippen LogP contribution in [0.25, 0.3) is 11.0 Å². The van der Waals surface area contributed by atoms with Crippen molar-refractivity contribution in [3.63, 3.8) is 0 Å². The van der Waals surface area contributed by atoms with Crippen LogP contribution in [0.4, 0.5) is 0 Å². The molecule has 3 rings (SSSR count). The van der Waals surface area contributed by atoms with Crippen LogP contribution in [0.3, 0.4) is 0 Å². The van der Waals surface area contributed by atoms with E-state index >= 15 is 0 Å². The summed E-state index contributed by atoms with van der Waals surface area (Å²) in [4.78, 5) is 11.9. The largest absolute Gasteiger partial charge is 0.489 e. The molecule has 2 aromatic carbocycles. The van der Waals surface area contributed by atoms with Crippen LogP contribution in [0, 0.1) is 10.5 Å². The molecule has 0 bridgehead atoms. The fourth-order valence-electron chi connectivity index (χ4n) is 2.99. The van der Waals surface area contributed by atoms with Crippen LogP contribution in [-0.2, 0) is 33.9 Å². The topological polar surface area (TPSA) is 57.9 Å². The van der Waals surface area contributed by atoms with E-state index in [0.717, 1.165) is 37.0 Å². The van der Waals surface area contributed by atoms with E-state index in [1.807, 2.05) is 37.3 Å². The maximum atomic E-state index is 11.9. The van der Waals surface area contributed by atoms with E-state index < -0.39 is 0 Å². The summed E-state index contributed by atoms with van der Waals surface area (Å²) in [5.41, 5.74) is 3.79. The SMILES string of the molecule is CCOC(=O)Cc1ccc(C)cc1OCc1cc(I)c2oc(COC)cc2c1. The van der Waals surface area contributed by atoms with E-state index in [0.29, 0.717) is 25.6 Å². The van der Waals surface area contributed by atoms with Gasteiger partial charge in [0, 0.05) is 18.1 Å². The van der Waals surface area contributed by atoms with Crippen LogP contribution >= 0.6 is 22.6 Å². The Labute approximate surface area is 178 Å². The predicted octanol–water partition coefficient (Wildman–Crippen LogP) is 5.18. The molecule has 0 N–H and O–H groups in total. The second-order valence-corrected chi connectivity index (χ2v) is 7.69.